The molecule has 1 saturated heterocycles. The standard InChI is InChI=1S/C19H28N2O4/c1-24-17-7-4-3-6-16(17)14-18(22)20-10-5-11-21-12-8-15(9-13-21)19(23)25-2/h3-4,6-7,15H,5,8-14H2,1-2H3,(H,20,22). The van der Waals surface area contributed by atoms with E-state index in [0.29, 0.717) is 13.0 Å². The lowest BCUT2D eigenvalue weighted by Crippen LogP contribution is -2.38. The van der Waals surface area contributed by atoms with Crippen molar-refractivity contribution in [2.75, 3.05) is 40.4 Å². The molecule has 0 spiro atoms. The van der Waals surface area contributed by atoms with Crippen LogP contribution in [0, 0.1) is 5.92 Å². The third kappa shape index (κ3) is 6.05. The fourth-order valence-corrected chi connectivity index (χ4v) is 3.17. The summed E-state index contributed by atoms with van der Waals surface area (Å²) in [6.07, 6.45) is 2.94. The van der Waals surface area contributed by atoms with Gasteiger partial charge in [-0.05, 0) is 45.0 Å². The number of esters is 1. The van der Waals surface area contributed by atoms with Crippen molar-refractivity contribution in [3.05, 3.63) is 29.8 Å². The molecule has 138 valence electrons. The summed E-state index contributed by atoms with van der Waals surface area (Å²) in [5.74, 6) is 0.699. The zero-order valence-electron chi connectivity index (χ0n) is 15.1. The minimum Gasteiger partial charge on any atom is -0.496 e. The van der Waals surface area contributed by atoms with Crippen molar-refractivity contribution < 1.29 is 19.1 Å². The summed E-state index contributed by atoms with van der Waals surface area (Å²) in [4.78, 5) is 25.9. The van der Waals surface area contributed by atoms with Gasteiger partial charge in [0.15, 0.2) is 0 Å². The smallest absolute Gasteiger partial charge is 0.308 e. The Bertz CT molecular complexity index is 568. The van der Waals surface area contributed by atoms with Crippen molar-refractivity contribution >= 4 is 11.9 Å². The van der Waals surface area contributed by atoms with Crippen LogP contribution in [0.25, 0.3) is 0 Å². The number of hydrogen-bond acceptors (Lipinski definition) is 5. The Hall–Kier alpha value is -2.08. The second-order valence-corrected chi connectivity index (χ2v) is 6.33. The molecule has 6 heteroatoms. The van der Waals surface area contributed by atoms with Crippen molar-refractivity contribution in [2.24, 2.45) is 5.92 Å². The SMILES string of the molecule is COC(=O)C1CCN(CCCNC(=O)Cc2ccccc2OC)CC1. The molecular formula is C19H28N2O4. The number of nitrogens with zero attached hydrogens (tertiary/aromatic N) is 1. The van der Waals surface area contributed by atoms with E-state index >= 15 is 0 Å². The predicted octanol–water partition coefficient (Wildman–Crippen LogP) is 1.63. The summed E-state index contributed by atoms with van der Waals surface area (Å²) in [6, 6.07) is 7.57. The number of rotatable bonds is 8. The van der Waals surface area contributed by atoms with E-state index < -0.39 is 0 Å². The molecule has 1 amide bonds. The average molecular weight is 348 g/mol. The van der Waals surface area contributed by atoms with Gasteiger partial charge in [0.25, 0.3) is 0 Å². The van der Waals surface area contributed by atoms with Crippen LogP contribution in [0.15, 0.2) is 24.3 Å². The molecule has 1 aromatic carbocycles. The third-order valence-corrected chi connectivity index (χ3v) is 4.64. The highest BCUT2D eigenvalue weighted by molar-refractivity contribution is 5.79. The molecule has 25 heavy (non-hydrogen) atoms. The molecule has 1 fully saturated rings. The minimum absolute atomic E-state index is 0.00824. The number of nitrogens with one attached hydrogen (secondary N) is 1. The monoisotopic (exact) mass is 348 g/mol. The number of hydrogen-bond donors (Lipinski definition) is 1. The highest BCUT2D eigenvalue weighted by Gasteiger charge is 2.25. The molecule has 6 nitrogen and oxygen atoms in total. The molecule has 0 bridgehead atoms. The van der Waals surface area contributed by atoms with Crippen LogP contribution in [0.1, 0.15) is 24.8 Å². The third-order valence-electron chi connectivity index (χ3n) is 4.64. The first-order chi connectivity index (χ1) is 12.1. The molecule has 1 aromatic rings. The summed E-state index contributed by atoms with van der Waals surface area (Å²) < 4.78 is 10.1. The molecular weight excluding hydrogens is 320 g/mol. The van der Waals surface area contributed by atoms with Crippen LogP contribution in [0.3, 0.4) is 0 Å². The van der Waals surface area contributed by atoms with Gasteiger partial charge in [-0.25, -0.2) is 0 Å². The van der Waals surface area contributed by atoms with E-state index in [2.05, 4.69) is 10.2 Å². The number of carbonyl (C=O) groups is 2. The number of likely N-dealkylation sites (tertiary alicyclic amines) is 1. The molecule has 1 aliphatic heterocycles. The Balaban J connectivity index is 1.62. The number of carbonyl (C=O) groups excluding carboxylic acids is 2. The predicted molar refractivity (Wildman–Crippen MR) is 95.5 cm³/mol. The molecule has 1 aliphatic rings. The Labute approximate surface area is 149 Å². The maximum absolute atomic E-state index is 12.1. The second-order valence-electron chi connectivity index (χ2n) is 6.33. The lowest BCUT2D eigenvalue weighted by Gasteiger charge is -2.30. The van der Waals surface area contributed by atoms with Gasteiger partial charge in [0, 0.05) is 12.1 Å². The van der Waals surface area contributed by atoms with Gasteiger partial charge in [0.05, 0.1) is 26.6 Å². The Morgan fingerprint density at radius 1 is 1.20 bits per heavy atom. The van der Waals surface area contributed by atoms with Crippen molar-refractivity contribution in [1.29, 1.82) is 0 Å². The van der Waals surface area contributed by atoms with Gasteiger partial charge >= 0.3 is 5.97 Å². The van der Waals surface area contributed by atoms with Gasteiger partial charge in [-0.2, -0.15) is 0 Å². The van der Waals surface area contributed by atoms with Crippen LogP contribution in [0.5, 0.6) is 5.75 Å². The zero-order chi connectivity index (χ0) is 18.1. The Morgan fingerprint density at radius 2 is 1.92 bits per heavy atom. The van der Waals surface area contributed by atoms with E-state index in [-0.39, 0.29) is 17.8 Å². The number of piperidine rings is 1. The Kier molecular flexibility index (Phi) is 7.73. The van der Waals surface area contributed by atoms with Gasteiger partial charge in [-0.15, -0.1) is 0 Å². The first-order valence-electron chi connectivity index (χ1n) is 8.82. The highest BCUT2D eigenvalue weighted by atomic mass is 16.5. The van der Waals surface area contributed by atoms with E-state index in [1.54, 1.807) is 7.11 Å². The number of para-hydroxylation sites is 1. The van der Waals surface area contributed by atoms with Gasteiger partial charge in [0.1, 0.15) is 5.75 Å². The topological polar surface area (TPSA) is 67.9 Å². The zero-order valence-corrected chi connectivity index (χ0v) is 15.1. The van der Waals surface area contributed by atoms with E-state index in [4.69, 9.17) is 9.47 Å². The first kappa shape index (κ1) is 19.2. The fraction of sp³-hybridized carbons (Fsp3) is 0.579. The lowest BCUT2D eigenvalue weighted by molar-refractivity contribution is -0.147. The first-order valence-corrected chi connectivity index (χ1v) is 8.82. The van der Waals surface area contributed by atoms with Crippen LogP contribution in [-0.2, 0) is 20.7 Å². The van der Waals surface area contributed by atoms with Crippen molar-refractivity contribution in [1.82, 2.24) is 10.2 Å². The molecule has 0 atom stereocenters. The molecule has 1 heterocycles. The maximum Gasteiger partial charge on any atom is 0.308 e. The summed E-state index contributed by atoms with van der Waals surface area (Å²) in [5.41, 5.74) is 0.896. The summed E-state index contributed by atoms with van der Waals surface area (Å²) in [5, 5.41) is 2.96. The molecule has 2 rings (SSSR count). The van der Waals surface area contributed by atoms with Gasteiger partial charge in [0.2, 0.25) is 5.91 Å². The quantitative estimate of drug-likeness (QED) is 0.571. The maximum atomic E-state index is 12.1. The molecule has 0 aliphatic carbocycles. The summed E-state index contributed by atoms with van der Waals surface area (Å²) >= 11 is 0. The summed E-state index contributed by atoms with van der Waals surface area (Å²) in [6.45, 7) is 3.41. The van der Waals surface area contributed by atoms with E-state index in [1.165, 1.54) is 7.11 Å². The second kappa shape index (κ2) is 10.0. The largest absolute Gasteiger partial charge is 0.496 e. The lowest BCUT2D eigenvalue weighted by atomic mass is 9.97. The molecule has 1 N–H and O–H groups in total. The van der Waals surface area contributed by atoms with Crippen molar-refractivity contribution in [3.8, 4) is 5.75 Å². The fourth-order valence-electron chi connectivity index (χ4n) is 3.17. The Morgan fingerprint density at radius 3 is 2.60 bits per heavy atom. The van der Waals surface area contributed by atoms with E-state index in [9.17, 15) is 9.59 Å². The van der Waals surface area contributed by atoms with Crippen LogP contribution in [0.4, 0.5) is 0 Å². The van der Waals surface area contributed by atoms with E-state index in [1.807, 2.05) is 24.3 Å². The van der Waals surface area contributed by atoms with E-state index in [0.717, 1.165) is 50.2 Å². The van der Waals surface area contributed by atoms with Crippen LogP contribution in [-0.4, -0.2) is 57.2 Å². The molecule has 0 saturated carbocycles. The van der Waals surface area contributed by atoms with Crippen LogP contribution < -0.4 is 10.1 Å². The van der Waals surface area contributed by atoms with Crippen molar-refractivity contribution in [3.63, 3.8) is 0 Å². The molecule has 0 unspecified atom stereocenters. The molecule has 0 radical (unpaired) electrons. The van der Waals surface area contributed by atoms with Gasteiger partial charge in [-0.1, -0.05) is 18.2 Å². The van der Waals surface area contributed by atoms with Gasteiger partial charge < -0.3 is 19.7 Å². The normalized spacial score (nSPS) is 15.6. The highest BCUT2D eigenvalue weighted by Crippen LogP contribution is 2.19. The minimum atomic E-state index is -0.0942. The molecule has 0 aromatic heterocycles. The number of methoxy groups -OCH3 is 2. The van der Waals surface area contributed by atoms with Crippen molar-refractivity contribution in [2.45, 2.75) is 25.7 Å². The number of amides is 1. The van der Waals surface area contributed by atoms with Crippen LogP contribution >= 0.6 is 0 Å². The van der Waals surface area contributed by atoms with Gasteiger partial charge in [-0.3, -0.25) is 9.59 Å². The number of benzene rings is 1. The number of ether oxygens (including phenoxy) is 2. The summed E-state index contributed by atoms with van der Waals surface area (Å²) in [7, 11) is 3.06. The van der Waals surface area contributed by atoms with Crippen LogP contribution in [0.2, 0.25) is 0 Å². The average Bonchev–Trinajstić information content (AvgIpc) is 2.65.